The van der Waals surface area contributed by atoms with Crippen LogP contribution >= 0.6 is 0 Å². The number of amides is 1. The van der Waals surface area contributed by atoms with E-state index < -0.39 is 5.54 Å². The van der Waals surface area contributed by atoms with Gasteiger partial charge in [0, 0.05) is 24.7 Å². The van der Waals surface area contributed by atoms with Gasteiger partial charge in [0.1, 0.15) is 0 Å². The monoisotopic (exact) mass is 296 g/mol. The molecule has 2 fully saturated rings. The quantitative estimate of drug-likeness (QED) is 0.695. The molecule has 0 aromatic carbocycles. The van der Waals surface area contributed by atoms with Crippen LogP contribution in [0.15, 0.2) is 0 Å². The van der Waals surface area contributed by atoms with E-state index in [-0.39, 0.29) is 5.91 Å². The summed E-state index contributed by atoms with van der Waals surface area (Å²) in [7, 11) is 4.22. The summed E-state index contributed by atoms with van der Waals surface area (Å²) in [5, 5.41) is 3.54. The number of hydrogen-bond acceptors (Lipinski definition) is 4. The highest BCUT2D eigenvalue weighted by atomic mass is 16.1. The van der Waals surface area contributed by atoms with Crippen molar-refractivity contribution in [1.29, 1.82) is 0 Å². The van der Waals surface area contributed by atoms with Crippen molar-refractivity contribution in [2.45, 2.75) is 69.6 Å². The standard InChI is InChI=1S/C16H32N4O/c1-5-20(12(2)11-19(3)4)14-8-9-16(10-14,15(17)21)18-13-6-7-13/h12-14,18H,5-11H2,1-4H3,(H2,17,21). The zero-order valence-corrected chi connectivity index (χ0v) is 14.1. The Morgan fingerprint density at radius 1 is 1.38 bits per heavy atom. The van der Waals surface area contributed by atoms with E-state index in [2.05, 4.69) is 43.1 Å². The molecular weight excluding hydrogens is 264 g/mol. The van der Waals surface area contributed by atoms with Gasteiger partial charge in [-0.05, 0) is 59.7 Å². The van der Waals surface area contributed by atoms with Crippen molar-refractivity contribution in [3.63, 3.8) is 0 Å². The minimum atomic E-state index is -0.461. The Bertz CT molecular complexity index is 369. The molecule has 0 radical (unpaired) electrons. The highest BCUT2D eigenvalue weighted by Crippen LogP contribution is 2.36. The molecular formula is C16H32N4O. The summed E-state index contributed by atoms with van der Waals surface area (Å²) in [6, 6.07) is 1.48. The molecule has 2 saturated carbocycles. The SMILES string of the molecule is CCN(C(C)CN(C)C)C1CCC(NC2CC2)(C(N)=O)C1. The van der Waals surface area contributed by atoms with Crippen LogP contribution in [0.1, 0.15) is 46.0 Å². The normalized spacial score (nSPS) is 31.0. The van der Waals surface area contributed by atoms with E-state index in [0.29, 0.717) is 18.1 Å². The minimum absolute atomic E-state index is 0.159. The summed E-state index contributed by atoms with van der Waals surface area (Å²) < 4.78 is 0. The smallest absolute Gasteiger partial charge is 0.237 e. The lowest BCUT2D eigenvalue weighted by molar-refractivity contribution is -0.124. The predicted octanol–water partition coefficient (Wildman–Crippen LogP) is 0.787. The van der Waals surface area contributed by atoms with Gasteiger partial charge in [-0.15, -0.1) is 0 Å². The maximum absolute atomic E-state index is 12.0. The number of nitrogens with zero attached hydrogens (tertiary/aromatic N) is 2. The third-order valence-electron chi connectivity index (χ3n) is 5.05. The molecule has 5 heteroatoms. The number of carbonyl (C=O) groups is 1. The number of carbonyl (C=O) groups excluding carboxylic acids is 1. The molecule has 0 heterocycles. The summed E-state index contributed by atoms with van der Waals surface area (Å²) in [6.07, 6.45) is 5.19. The van der Waals surface area contributed by atoms with Crippen LogP contribution in [0.25, 0.3) is 0 Å². The zero-order chi connectivity index (χ0) is 15.6. The second-order valence-electron chi connectivity index (χ2n) is 7.20. The molecule has 3 unspecified atom stereocenters. The van der Waals surface area contributed by atoms with Crippen LogP contribution in [0.5, 0.6) is 0 Å². The van der Waals surface area contributed by atoms with Crippen LogP contribution in [-0.4, -0.2) is 66.6 Å². The number of nitrogens with two attached hydrogens (primary N) is 1. The van der Waals surface area contributed by atoms with Crippen LogP contribution in [0.4, 0.5) is 0 Å². The van der Waals surface area contributed by atoms with Crippen LogP contribution in [0.2, 0.25) is 0 Å². The molecule has 5 nitrogen and oxygen atoms in total. The van der Waals surface area contributed by atoms with E-state index >= 15 is 0 Å². The lowest BCUT2D eigenvalue weighted by atomic mass is 9.95. The Hall–Kier alpha value is -0.650. The fraction of sp³-hybridized carbons (Fsp3) is 0.938. The Morgan fingerprint density at radius 3 is 2.52 bits per heavy atom. The molecule has 0 aromatic rings. The van der Waals surface area contributed by atoms with E-state index in [1.54, 1.807) is 0 Å². The Balaban J connectivity index is 2.01. The first-order valence-electron chi connectivity index (χ1n) is 8.36. The fourth-order valence-corrected chi connectivity index (χ4v) is 3.91. The summed E-state index contributed by atoms with van der Waals surface area (Å²) >= 11 is 0. The van der Waals surface area contributed by atoms with Crippen molar-refractivity contribution < 1.29 is 4.79 Å². The fourth-order valence-electron chi connectivity index (χ4n) is 3.91. The van der Waals surface area contributed by atoms with Gasteiger partial charge in [0.25, 0.3) is 0 Å². The van der Waals surface area contributed by atoms with Crippen LogP contribution in [0.3, 0.4) is 0 Å². The Labute approximate surface area is 129 Å². The Morgan fingerprint density at radius 2 is 2.05 bits per heavy atom. The van der Waals surface area contributed by atoms with E-state index in [9.17, 15) is 4.79 Å². The third-order valence-corrected chi connectivity index (χ3v) is 5.05. The number of primary amides is 1. The molecule has 0 saturated heterocycles. The van der Waals surface area contributed by atoms with Crippen molar-refractivity contribution in [2.75, 3.05) is 27.2 Å². The minimum Gasteiger partial charge on any atom is -0.368 e. The van der Waals surface area contributed by atoms with Gasteiger partial charge in [0.05, 0.1) is 5.54 Å². The average Bonchev–Trinajstić information content (AvgIpc) is 3.08. The van der Waals surface area contributed by atoms with Crippen molar-refractivity contribution in [3.05, 3.63) is 0 Å². The van der Waals surface area contributed by atoms with Crippen LogP contribution < -0.4 is 11.1 Å². The first-order valence-corrected chi connectivity index (χ1v) is 8.36. The van der Waals surface area contributed by atoms with Crippen molar-refractivity contribution >= 4 is 5.91 Å². The summed E-state index contributed by atoms with van der Waals surface area (Å²) in [5.74, 6) is -0.159. The molecule has 0 spiro atoms. The molecule has 21 heavy (non-hydrogen) atoms. The number of hydrogen-bond donors (Lipinski definition) is 2. The van der Waals surface area contributed by atoms with Gasteiger partial charge in [0.2, 0.25) is 5.91 Å². The van der Waals surface area contributed by atoms with E-state index in [0.717, 1.165) is 32.4 Å². The number of nitrogens with one attached hydrogen (secondary N) is 1. The second kappa shape index (κ2) is 6.63. The van der Waals surface area contributed by atoms with Crippen LogP contribution in [-0.2, 0) is 4.79 Å². The first-order chi connectivity index (χ1) is 9.88. The topological polar surface area (TPSA) is 61.6 Å². The van der Waals surface area contributed by atoms with Gasteiger partial charge in [-0.1, -0.05) is 6.92 Å². The molecule has 0 aliphatic heterocycles. The Kier molecular flexibility index (Phi) is 5.28. The van der Waals surface area contributed by atoms with Crippen LogP contribution in [0, 0.1) is 0 Å². The van der Waals surface area contributed by atoms with E-state index in [4.69, 9.17) is 5.73 Å². The highest BCUT2D eigenvalue weighted by molar-refractivity contribution is 5.85. The second-order valence-corrected chi connectivity index (χ2v) is 7.20. The number of likely N-dealkylation sites (N-methyl/N-ethyl adjacent to an activating group) is 2. The van der Waals surface area contributed by atoms with Gasteiger partial charge >= 0.3 is 0 Å². The maximum Gasteiger partial charge on any atom is 0.237 e. The molecule has 2 rings (SSSR count). The van der Waals surface area contributed by atoms with Crippen molar-refractivity contribution in [2.24, 2.45) is 5.73 Å². The summed E-state index contributed by atoms with van der Waals surface area (Å²) in [4.78, 5) is 16.8. The predicted molar refractivity (Wildman–Crippen MR) is 86.1 cm³/mol. The molecule has 0 aromatic heterocycles. The van der Waals surface area contributed by atoms with Gasteiger partial charge in [0.15, 0.2) is 0 Å². The van der Waals surface area contributed by atoms with Gasteiger partial charge in [-0.25, -0.2) is 0 Å². The molecule has 2 aliphatic carbocycles. The number of rotatable bonds is 8. The van der Waals surface area contributed by atoms with Gasteiger partial charge < -0.3 is 16.0 Å². The van der Waals surface area contributed by atoms with E-state index in [1.807, 2.05) is 0 Å². The molecule has 3 atom stereocenters. The largest absolute Gasteiger partial charge is 0.368 e. The summed E-state index contributed by atoms with van der Waals surface area (Å²) in [6.45, 7) is 6.56. The molecule has 122 valence electrons. The molecule has 2 aliphatic rings. The molecule has 0 bridgehead atoms. The van der Waals surface area contributed by atoms with Crippen molar-refractivity contribution in [3.8, 4) is 0 Å². The molecule has 3 N–H and O–H groups in total. The van der Waals surface area contributed by atoms with Crippen molar-refractivity contribution in [1.82, 2.24) is 15.1 Å². The third kappa shape index (κ3) is 3.96. The lowest BCUT2D eigenvalue weighted by Gasteiger charge is -2.36. The maximum atomic E-state index is 12.0. The van der Waals surface area contributed by atoms with Gasteiger partial charge in [-0.2, -0.15) is 0 Å². The average molecular weight is 296 g/mol. The first kappa shape index (κ1) is 16.7. The molecule has 1 amide bonds. The summed E-state index contributed by atoms with van der Waals surface area (Å²) in [5.41, 5.74) is 5.28. The highest BCUT2D eigenvalue weighted by Gasteiger charge is 2.48. The van der Waals surface area contributed by atoms with E-state index in [1.165, 1.54) is 12.8 Å². The van der Waals surface area contributed by atoms with Gasteiger partial charge in [-0.3, -0.25) is 9.69 Å². The lowest BCUT2D eigenvalue weighted by Crippen LogP contribution is -2.56. The zero-order valence-electron chi connectivity index (χ0n) is 14.1.